The molecule has 0 radical (unpaired) electrons. The van der Waals surface area contributed by atoms with Crippen LogP contribution in [0.15, 0.2) is 42.7 Å². The Hall–Kier alpha value is -3.53. The summed E-state index contributed by atoms with van der Waals surface area (Å²) in [6.07, 6.45) is 3.62. The number of hydrogen-bond donors (Lipinski definition) is 2. The molecule has 5 heterocycles. The lowest BCUT2D eigenvalue weighted by molar-refractivity contribution is -0.0132. The Bertz CT molecular complexity index is 1510. The van der Waals surface area contributed by atoms with Crippen molar-refractivity contribution in [2.24, 2.45) is 12.8 Å². The van der Waals surface area contributed by atoms with Crippen LogP contribution >= 0.6 is 11.6 Å². The average molecular weight is 504 g/mol. The van der Waals surface area contributed by atoms with Crippen LogP contribution in [0, 0.1) is 0 Å². The summed E-state index contributed by atoms with van der Waals surface area (Å²) in [5.41, 5.74) is 11.3. The zero-order chi connectivity index (χ0) is 25.0. The quantitative estimate of drug-likeness (QED) is 0.433. The Morgan fingerprint density at radius 3 is 2.75 bits per heavy atom. The minimum atomic E-state index is -0.661. The topological polar surface area (TPSA) is 111 Å². The summed E-state index contributed by atoms with van der Waals surface area (Å²) in [7, 11) is 4.05. The van der Waals surface area contributed by atoms with E-state index in [1.807, 2.05) is 35.9 Å². The number of primary amides is 1. The monoisotopic (exact) mass is 503 g/mol. The van der Waals surface area contributed by atoms with E-state index in [4.69, 9.17) is 27.1 Å². The van der Waals surface area contributed by atoms with Gasteiger partial charge in [-0.2, -0.15) is 0 Å². The number of aryl methyl sites for hydroxylation is 1. The molecule has 0 atom stereocenters. The third-order valence-corrected chi connectivity index (χ3v) is 7.68. The summed E-state index contributed by atoms with van der Waals surface area (Å²) in [4.78, 5) is 28.7. The number of nitrogens with one attached hydrogen (secondary N) is 1. The predicted octanol–water partition coefficient (Wildman–Crippen LogP) is 3.98. The molecule has 1 amide bonds. The van der Waals surface area contributed by atoms with Crippen LogP contribution < -0.4 is 11.1 Å². The summed E-state index contributed by atoms with van der Waals surface area (Å²) in [5, 5.41) is 3.61. The van der Waals surface area contributed by atoms with E-state index in [0.717, 1.165) is 54.9 Å². The fourth-order valence-corrected chi connectivity index (χ4v) is 5.76. The smallest absolute Gasteiger partial charge is 0.269 e. The molecule has 0 aliphatic carbocycles. The van der Waals surface area contributed by atoms with E-state index in [9.17, 15) is 4.79 Å². The molecule has 1 fully saturated rings. The minimum Gasteiger partial charge on any atom is -0.381 e. The Labute approximate surface area is 213 Å². The number of nitrogens with zero attached hydrogens (tertiary/aromatic N) is 5. The van der Waals surface area contributed by atoms with Gasteiger partial charge >= 0.3 is 0 Å². The molecule has 6 rings (SSSR count). The first-order chi connectivity index (χ1) is 17.4. The van der Waals surface area contributed by atoms with Gasteiger partial charge in [0.15, 0.2) is 5.69 Å². The number of ether oxygens (including phenoxy) is 1. The van der Waals surface area contributed by atoms with Gasteiger partial charge in [0, 0.05) is 32.4 Å². The summed E-state index contributed by atoms with van der Waals surface area (Å²) in [6.45, 7) is 2.24. The molecule has 4 aromatic rings. The van der Waals surface area contributed by atoms with Crippen molar-refractivity contribution in [3.63, 3.8) is 0 Å². The van der Waals surface area contributed by atoms with Gasteiger partial charge in [-0.05, 0) is 43.7 Å². The van der Waals surface area contributed by atoms with E-state index < -0.39 is 5.91 Å². The molecule has 0 bridgehead atoms. The molecular formula is C26H26ClN7O2. The molecule has 0 unspecified atom stereocenters. The number of anilines is 2. The van der Waals surface area contributed by atoms with Crippen molar-refractivity contribution in [3.05, 3.63) is 64.7 Å². The highest BCUT2D eigenvalue weighted by Gasteiger charge is 2.44. The molecule has 36 heavy (non-hydrogen) atoms. The van der Waals surface area contributed by atoms with Crippen LogP contribution in [0.1, 0.15) is 34.6 Å². The van der Waals surface area contributed by atoms with E-state index in [2.05, 4.69) is 33.3 Å². The SMILES string of the molecule is CN1Cc2nc(Nc3cc(Cl)c(-c4cccc5c4ncn5C)nc3C(N)=O)ccc2C12CCOCC2. The summed E-state index contributed by atoms with van der Waals surface area (Å²) >= 11 is 6.70. The fourth-order valence-electron chi connectivity index (χ4n) is 5.51. The van der Waals surface area contributed by atoms with Gasteiger partial charge in [0.1, 0.15) is 5.82 Å². The first-order valence-electron chi connectivity index (χ1n) is 11.8. The van der Waals surface area contributed by atoms with Gasteiger partial charge in [-0.25, -0.2) is 15.0 Å². The van der Waals surface area contributed by atoms with Gasteiger partial charge < -0.3 is 20.4 Å². The molecule has 3 aromatic heterocycles. The number of nitrogens with two attached hydrogens (primary N) is 1. The third kappa shape index (κ3) is 3.54. The zero-order valence-electron chi connectivity index (χ0n) is 20.1. The minimum absolute atomic E-state index is 0.0312. The predicted molar refractivity (Wildman–Crippen MR) is 138 cm³/mol. The van der Waals surface area contributed by atoms with E-state index >= 15 is 0 Å². The number of halogens is 1. The van der Waals surface area contributed by atoms with Crippen molar-refractivity contribution in [3.8, 4) is 11.3 Å². The van der Waals surface area contributed by atoms with Crippen molar-refractivity contribution in [1.82, 2.24) is 24.4 Å². The Kier molecular flexibility index (Phi) is 5.44. The number of carbonyl (C=O) groups excluding carboxylic acids is 1. The molecule has 1 spiro atoms. The van der Waals surface area contributed by atoms with Crippen LogP contribution in [0.4, 0.5) is 11.5 Å². The maximum Gasteiger partial charge on any atom is 0.269 e. The van der Waals surface area contributed by atoms with E-state index in [1.54, 1.807) is 12.4 Å². The molecule has 2 aliphatic heterocycles. The molecule has 9 nitrogen and oxygen atoms in total. The standard InChI is InChI=1S/C26H26ClN7O2/c1-33-14-29-23-15(4-3-5-20(23)33)22-17(27)12-18(24(32-22)25(28)35)30-21-7-6-16-19(31-21)13-34(2)26(16)8-10-36-11-9-26/h3-7,12,14H,8-11,13H2,1-2H3,(H2,28,35)(H,30,31). The third-order valence-electron chi connectivity index (χ3n) is 7.40. The number of rotatable bonds is 4. The highest BCUT2D eigenvalue weighted by molar-refractivity contribution is 6.34. The van der Waals surface area contributed by atoms with Crippen LogP contribution in [-0.4, -0.2) is 50.6 Å². The number of carbonyl (C=O) groups is 1. The fraction of sp³-hybridized carbons (Fsp3) is 0.308. The number of benzene rings is 1. The van der Waals surface area contributed by atoms with Crippen molar-refractivity contribution in [1.29, 1.82) is 0 Å². The molecule has 1 aromatic carbocycles. The van der Waals surface area contributed by atoms with Gasteiger partial charge in [-0.1, -0.05) is 29.8 Å². The van der Waals surface area contributed by atoms with Gasteiger partial charge in [0.05, 0.1) is 45.0 Å². The van der Waals surface area contributed by atoms with Crippen molar-refractivity contribution in [2.45, 2.75) is 24.9 Å². The van der Waals surface area contributed by atoms with Gasteiger partial charge in [0.25, 0.3) is 5.91 Å². The Morgan fingerprint density at radius 1 is 1.17 bits per heavy atom. The van der Waals surface area contributed by atoms with Crippen molar-refractivity contribution >= 4 is 40.0 Å². The maximum atomic E-state index is 12.4. The largest absolute Gasteiger partial charge is 0.381 e. The molecule has 0 saturated carbocycles. The molecule has 10 heteroatoms. The summed E-state index contributed by atoms with van der Waals surface area (Å²) in [5.74, 6) is -0.0585. The van der Waals surface area contributed by atoms with Crippen LogP contribution in [0.2, 0.25) is 5.02 Å². The van der Waals surface area contributed by atoms with Crippen LogP contribution in [0.5, 0.6) is 0 Å². The highest BCUT2D eigenvalue weighted by Crippen LogP contribution is 2.45. The summed E-state index contributed by atoms with van der Waals surface area (Å²) < 4.78 is 7.52. The first kappa shape index (κ1) is 22.9. The number of para-hydroxylation sites is 1. The first-order valence-corrected chi connectivity index (χ1v) is 12.2. The second-order valence-electron chi connectivity index (χ2n) is 9.42. The second kappa shape index (κ2) is 8.55. The number of aromatic nitrogens is 4. The van der Waals surface area contributed by atoms with Crippen molar-refractivity contribution < 1.29 is 9.53 Å². The van der Waals surface area contributed by atoms with Crippen LogP contribution in [-0.2, 0) is 23.9 Å². The van der Waals surface area contributed by atoms with Gasteiger partial charge in [0.2, 0.25) is 0 Å². The Balaban J connectivity index is 1.38. The molecule has 2 aliphatic rings. The lowest BCUT2D eigenvalue weighted by Crippen LogP contribution is -2.43. The van der Waals surface area contributed by atoms with E-state index in [-0.39, 0.29) is 11.2 Å². The lowest BCUT2D eigenvalue weighted by Gasteiger charge is -2.40. The Morgan fingerprint density at radius 2 is 1.97 bits per heavy atom. The average Bonchev–Trinajstić information content (AvgIpc) is 3.37. The second-order valence-corrected chi connectivity index (χ2v) is 9.83. The van der Waals surface area contributed by atoms with Crippen LogP contribution in [0.3, 0.4) is 0 Å². The maximum absolute atomic E-state index is 12.4. The van der Waals surface area contributed by atoms with Crippen molar-refractivity contribution in [2.75, 3.05) is 25.6 Å². The number of hydrogen-bond acceptors (Lipinski definition) is 7. The molecule has 3 N–H and O–H groups in total. The van der Waals surface area contributed by atoms with Gasteiger partial charge in [-0.15, -0.1) is 0 Å². The molecule has 1 saturated heterocycles. The van der Waals surface area contributed by atoms with Crippen LogP contribution in [0.25, 0.3) is 22.3 Å². The molecular weight excluding hydrogens is 478 g/mol. The lowest BCUT2D eigenvalue weighted by atomic mass is 9.84. The zero-order valence-corrected chi connectivity index (χ0v) is 20.8. The van der Waals surface area contributed by atoms with E-state index in [0.29, 0.717) is 22.2 Å². The highest BCUT2D eigenvalue weighted by atomic mass is 35.5. The molecule has 184 valence electrons. The summed E-state index contributed by atoms with van der Waals surface area (Å²) in [6, 6.07) is 11.5. The number of amides is 1. The normalized spacial score (nSPS) is 17.0. The number of fused-ring (bicyclic) bond motifs is 3. The number of imidazole rings is 1. The number of pyridine rings is 2. The van der Waals surface area contributed by atoms with E-state index in [1.165, 1.54) is 5.56 Å². The van der Waals surface area contributed by atoms with Gasteiger partial charge in [-0.3, -0.25) is 9.69 Å².